The molecule has 4 heteroatoms. The van der Waals surface area contributed by atoms with Crippen molar-refractivity contribution in [3.8, 4) is 0 Å². The van der Waals surface area contributed by atoms with Gasteiger partial charge in [-0.05, 0) is 33.7 Å². The summed E-state index contributed by atoms with van der Waals surface area (Å²) in [6.45, 7) is 7.86. The van der Waals surface area contributed by atoms with E-state index in [1.165, 1.54) is 0 Å². The van der Waals surface area contributed by atoms with Crippen molar-refractivity contribution in [3.63, 3.8) is 0 Å². The SMILES string of the molecule is CCOC(=O)CCNCCC(C)(C)OC. The Morgan fingerprint density at radius 1 is 1.33 bits per heavy atom. The van der Waals surface area contributed by atoms with E-state index in [1.54, 1.807) is 7.11 Å². The predicted molar refractivity (Wildman–Crippen MR) is 59.8 cm³/mol. The normalized spacial score (nSPS) is 11.5. The van der Waals surface area contributed by atoms with Gasteiger partial charge in [0, 0.05) is 13.7 Å². The second-order valence-corrected chi connectivity index (χ2v) is 4.02. The molecule has 0 rings (SSSR count). The molecule has 0 aromatic carbocycles. The highest BCUT2D eigenvalue weighted by Crippen LogP contribution is 2.11. The van der Waals surface area contributed by atoms with Crippen LogP contribution in [0, 0.1) is 0 Å². The molecular weight excluding hydrogens is 194 g/mol. The molecule has 0 amide bonds. The maximum atomic E-state index is 11.0. The van der Waals surface area contributed by atoms with Gasteiger partial charge in [-0.1, -0.05) is 0 Å². The molecule has 0 aliphatic rings. The molecule has 0 aliphatic heterocycles. The van der Waals surface area contributed by atoms with Gasteiger partial charge < -0.3 is 14.8 Å². The molecule has 0 aromatic rings. The van der Waals surface area contributed by atoms with Crippen molar-refractivity contribution in [1.82, 2.24) is 5.32 Å². The van der Waals surface area contributed by atoms with Gasteiger partial charge in [0.25, 0.3) is 0 Å². The van der Waals surface area contributed by atoms with Gasteiger partial charge in [0.2, 0.25) is 0 Å². The fraction of sp³-hybridized carbons (Fsp3) is 0.909. The van der Waals surface area contributed by atoms with Crippen LogP contribution < -0.4 is 5.32 Å². The first-order valence-electron chi connectivity index (χ1n) is 5.43. The molecule has 0 spiro atoms. The molecule has 15 heavy (non-hydrogen) atoms. The Morgan fingerprint density at radius 3 is 2.53 bits per heavy atom. The third kappa shape index (κ3) is 8.39. The van der Waals surface area contributed by atoms with Crippen molar-refractivity contribution in [3.05, 3.63) is 0 Å². The Balaban J connectivity index is 3.36. The zero-order valence-corrected chi connectivity index (χ0v) is 10.3. The summed E-state index contributed by atoms with van der Waals surface area (Å²) < 4.78 is 10.1. The van der Waals surface area contributed by atoms with Crippen molar-refractivity contribution in [2.24, 2.45) is 0 Å². The first-order chi connectivity index (χ1) is 7.02. The van der Waals surface area contributed by atoms with Gasteiger partial charge in [-0.2, -0.15) is 0 Å². The van der Waals surface area contributed by atoms with E-state index in [4.69, 9.17) is 9.47 Å². The van der Waals surface area contributed by atoms with Gasteiger partial charge in [-0.15, -0.1) is 0 Å². The maximum absolute atomic E-state index is 11.0. The number of nitrogens with one attached hydrogen (secondary N) is 1. The van der Waals surface area contributed by atoms with E-state index in [1.807, 2.05) is 20.8 Å². The molecule has 0 unspecified atom stereocenters. The summed E-state index contributed by atoms with van der Waals surface area (Å²) in [6.07, 6.45) is 1.35. The zero-order chi connectivity index (χ0) is 11.7. The average Bonchev–Trinajstić information content (AvgIpc) is 2.17. The third-order valence-corrected chi connectivity index (χ3v) is 2.27. The van der Waals surface area contributed by atoms with Gasteiger partial charge in [0.05, 0.1) is 18.6 Å². The van der Waals surface area contributed by atoms with Crippen LogP contribution >= 0.6 is 0 Å². The van der Waals surface area contributed by atoms with E-state index in [2.05, 4.69) is 5.32 Å². The quantitative estimate of drug-likeness (QED) is 0.492. The van der Waals surface area contributed by atoms with Crippen LogP contribution in [0.4, 0.5) is 0 Å². The smallest absolute Gasteiger partial charge is 0.307 e. The molecule has 0 saturated heterocycles. The molecule has 1 N–H and O–H groups in total. The van der Waals surface area contributed by atoms with Crippen LogP contribution in [0.5, 0.6) is 0 Å². The predicted octanol–water partition coefficient (Wildman–Crippen LogP) is 1.34. The summed E-state index contributed by atoms with van der Waals surface area (Å²) in [7, 11) is 1.71. The molecule has 0 radical (unpaired) electrons. The highest BCUT2D eigenvalue weighted by Gasteiger charge is 2.14. The van der Waals surface area contributed by atoms with Crippen LogP contribution in [0.3, 0.4) is 0 Å². The number of methoxy groups -OCH3 is 1. The molecule has 0 atom stereocenters. The van der Waals surface area contributed by atoms with Crippen molar-refractivity contribution in [2.75, 3.05) is 26.8 Å². The van der Waals surface area contributed by atoms with Crippen LogP contribution in [0.25, 0.3) is 0 Å². The molecule has 0 aromatic heterocycles. The highest BCUT2D eigenvalue weighted by molar-refractivity contribution is 5.69. The minimum atomic E-state index is -0.143. The Kier molecular flexibility index (Phi) is 7.34. The van der Waals surface area contributed by atoms with Crippen LogP contribution in [0.15, 0.2) is 0 Å². The van der Waals surface area contributed by atoms with Gasteiger partial charge >= 0.3 is 5.97 Å². The molecule has 0 bridgehead atoms. The first-order valence-corrected chi connectivity index (χ1v) is 5.43. The van der Waals surface area contributed by atoms with Crippen LogP contribution in [-0.2, 0) is 14.3 Å². The van der Waals surface area contributed by atoms with Crippen LogP contribution in [-0.4, -0.2) is 38.4 Å². The lowest BCUT2D eigenvalue weighted by Gasteiger charge is -2.22. The summed E-state index contributed by atoms with van der Waals surface area (Å²) in [6, 6.07) is 0. The number of carbonyl (C=O) groups excluding carboxylic acids is 1. The van der Waals surface area contributed by atoms with Gasteiger partial charge in [0.1, 0.15) is 0 Å². The van der Waals surface area contributed by atoms with Crippen LogP contribution in [0.1, 0.15) is 33.6 Å². The summed E-state index contributed by atoms with van der Waals surface area (Å²) in [4.78, 5) is 11.0. The first kappa shape index (κ1) is 14.4. The fourth-order valence-electron chi connectivity index (χ4n) is 1.04. The minimum Gasteiger partial charge on any atom is -0.466 e. The third-order valence-electron chi connectivity index (χ3n) is 2.27. The number of carbonyl (C=O) groups is 1. The van der Waals surface area contributed by atoms with Gasteiger partial charge in [-0.25, -0.2) is 0 Å². The van der Waals surface area contributed by atoms with Crippen molar-refractivity contribution in [1.29, 1.82) is 0 Å². The van der Waals surface area contributed by atoms with E-state index in [-0.39, 0.29) is 11.6 Å². The number of ether oxygens (including phenoxy) is 2. The van der Waals surface area contributed by atoms with Crippen molar-refractivity contribution >= 4 is 5.97 Å². The van der Waals surface area contributed by atoms with E-state index in [9.17, 15) is 4.79 Å². The van der Waals surface area contributed by atoms with Crippen molar-refractivity contribution in [2.45, 2.75) is 39.2 Å². The molecule has 4 nitrogen and oxygen atoms in total. The van der Waals surface area contributed by atoms with Crippen LogP contribution in [0.2, 0.25) is 0 Å². The molecule has 0 aliphatic carbocycles. The number of esters is 1. The van der Waals surface area contributed by atoms with E-state index < -0.39 is 0 Å². The molecule has 0 heterocycles. The second-order valence-electron chi connectivity index (χ2n) is 4.02. The molecular formula is C11H23NO3. The molecule has 0 fully saturated rings. The summed E-state index contributed by atoms with van der Waals surface area (Å²) in [5.41, 5.74) is -0.100. The molecule has 0 saturated carbocycles. The van der Waals surface area contributed by atoms with E-state index in [0.29, 0.717) is 19.6 Å². The summed E-state index contributed by atoms with van der Waals surface area (Å²) >= 11 is 0. The highest BCUT2D eigenvalue weighted by atomic mass is 16.5. The standard InChI is InChI=1S/C11H23NO3/c1-5-15-10(13)6-8-12-9-7-11(2,3)14-4/h12H,5-9H2,1-4H3. The van der Waals surface area contributed by atoms with Gasteiger partial charge in [-0.3, -0.25) is 4.79 Å². The van der Waals surface area contributed by atoms with Gasteiger partial charge in [0.15, 0.2) is 0 Å². The Labute approximate surface area is 92.3 Å². The fourth-order valence-corrected chi connectivity index (χ4v) is 1.04. The second kappa shape index (κ2) is 7.65. The molecule has 90 valence electrons. The topological polar surface area (TPSA) is 47.6 Å². The average molecular weight is 217 g/mol. The maximum Gasteiger partial charge on any atom is 0.307 e. The Bertz CT molecular complexity index is 181. The minimum absolute atomic E-state index is 0.100. The van der Waals surface area contributed by atoms with Crippen molar-refractivity contribution < 1.29 is 14.3 Å². The van der Waals surface area contributed by atoms with E-state index >= 15 is 0 Å². The Hall–Kier alpha value is -0.610. The number of hydrogen-bond acceptors (Lipinski definition) is 4. The summed E-state index contributed by atoms with van der Waals surface area (Å²) in [5, 5.41) is 3.18. The number of rotatable bonds is 8. The lowest BCUT2D eigenvalue weighted by atomic mass is 10.1. The zero-order valence-electron chi connectivity index (χ0n) is 10.3. The van der Waals surface area contributed by atoms with E-state index in [0.717, 1.165) is 13.0 Å². The lowest BCUT2D eigenvalue weighted by Crippen LogP contribution is -2.30. The lowest BCUT2D eigenvalue weighted by molar-refractivity contribution is -0.142. The number of hydrogen-bond donors (Lipinski definition) is 1. The summed E-state index contributed by atoms with van der Waals surface area (Å²) in [5.74, 6) is -0.143. The monoisotopic (exact) mass is 217 g/mol. The Morgan fingerprint density at radius 2 is 2.00 bits per heavy atom. The largest absolute Gasteiger partial charge is 0.466 e.